The highest BCUT2D eigenvalue weighted by molar-refractivity contribution is 5.94. The lowest BCUT2D eigenvalue weighted by molar-refractivity contribution is -0.124. The Hall–Kier alpha value is -1.51. The van der Waals surface area contributed by atoms with E-state index in [-0.39, 0.29) is 0 Å². The second-order valence-corrected chi connectivity index (χ2v) is 4.98. The zero-order chi connectivity index (χ0) is 12.6. The fourth-order valence-electron chi connectivity index (χ4n) is 2.67. The molecule has 1 aliphatic rings. The minimum absolute atomic E-state index is 0.301. The molecule has 0 aliphatic heterocycles. The second-order valence-electron chi connectivity index (χ2n) is 4.98. The van der Waals surface area contributed by atoms with Crippen LogP contribution in [0.1, 0.15) is 31.4 Å². The number of methoxy groups -OCH3 is 1. The van der Waals surface area contributed by atoms with Gasteiger partial charge in [0.25, 0.3) is 0 Å². The Labute approximate surface area is 102 Å². The molecule has 0 heterocycles. The third-order valence-electron chi connectivity index (χ3n) is 3.67. The van der Waals surface area contributed by atoms with E-state index in [0.717, 1.165) is 23.4 Å². The molecule has 0 radical (unpaired) electrons. The van der Waals surface area contributed by atoms with Crippen LogP contribution in [0.15, 0.2) is 12.1 Å². The summed E-state index contributed by atoms with van der Waals surface area (Å²) in [7, 11) is 3.52. The van der Waals surface area contributed by atoms with Crippen molar-refractivity contribution in [3.63, 3.8) is 0 Å². The van der Waals surface area contributed by atoms with Gasteiger partial charge >= 0.3 is 0 Å². The third-order valence-corrected chi connectivity index (χ3v) is 3.67. The molecule has 0 spiro atoms. The highest BCUT2D eigenvalue weighted by Gasteiger charge is 2.37. The van der Waals surface area contributed by atoms with Crippen molar-refractivity contribution in [2.45, 2.75) is 32.1 Å². The van der Waals surface area contributed by atoms with Gasteiger partial charge in [-0.25, -0.2) is 0 Å². The first-order valence-electron chi connectivity index (χ1n) is 5.93. The summed E-state index contributed by atoms with van der Waals surface area (Å²) < 4.78 is 5.36. The van der Waals surface area contributed by atoms with Crippen molar-refractivity contribution in [2.75, 3.05) is 19.5 Å². The molecule has 0 atom stereocenters. The number of benzene rings is 1. The van der Waals surface area contributed by atoms with Gasteiger partial charge in [0.2, 0.25) is 0 Å². The summed E-state index contributed by atoms with van der Waals surface area (Å²) in [6, 6.07) is 4.04. The Bertz CT molecular complexity index is 464. The van der Waals surface area contributed by atoms with Gasteiger partial charge in [-0.05, 0) is 37.5 Å². The van der Waals surface area contributed by atoms with Gasteiger partial charge in [-0.2, -0.15) is 0 Å². The first-order valence-corrected chi connectivity index (χ1v) is 5.93. The molecular weight excluding hydrogens is 214 g/mol. The zero-order valence-corrected chi connectivity index (χ0v) is 10.9. The topological polar surface area (TPSA) is 38.3 Å². The Morgan fingerprint density at radius 1 is 1.29 bits per heavy atom. The van der Waals surface area contributed by atoms with Crippen molar-refractivity contribution in [1.82, 2.24) is 0 Å². The standard InChI is InChI=1S/C14H19NO2/c1-14(2)11(16)8-6-9-5-7-10(17-4)13(15-3)12(9)14/h5,7,15H,6,8H2,1-4H3. The number of anilines is 1. The number of ketones is 1. The lowest BCUT2D eigenvalue weighted by Gasteiger charge is -2.33. The Kier molecular flexibility index (Phi) is 2.86. The SMILES string of the molecule is CNc1c(OC)ccc2c1C(C)(C)C(=O)CC2. The van der Waals surface area contributed by atoms with Crippen molar-refractivity contribution < 1.29 is 9.53 Å². The molecule has 0 bridgehead atoms. The number of carbonyl (C=O) groups excluding carboxylic acids is 1. The molecule has 3 nitrogen and oxygen atoms in total. The van der Waals surface area contributed by atoms with Gasteiger partial charge in [-0.1, -0.05) is 6.07 Å². The third kappa shape index (κ3) is 1.70. The number of hydrogen-bond donors (Lipinski definition) is 1. The Balaban J connectivity index is 2.70. The predicted molar refractivity (Wildman–Crippen MR) is 68.9 cm³/mol. The molecule has 3 heteroatoms. The highest BCUT2D eigenvalue weighted by Crippen LogP contribution is 2.43. The number of rotatable bonds is 2. The molecule has 0 amide bonds. The molecule has 0 fully saturated rings. The van der Waals surface area contributed by atoms with Crippen molar-refractivity contribution >= 4 is 11.5 Å². The maximum Gasteiger partial charge on any atom is 0.143 e. The largest absolute Gasteiger partial charge is 0.495 e. The van der Waals surface area contributed by atoms with Crippen molar-refractivity contribution in [1.29, 1.82) is 0 Å². The van der Waals surface area contributed by atoms with Crippen LogP contribution >= 0.6 is 0 Å². The monoisotopic (exact) mass is 233 g/mol. The molecular formula is C14H19NO2. The number of carbonyl (C=O) groups is 1. The summed E-state index contributed by atoms with van der Waals surface area (Å²) >= 11 is 0. The molecule has 1 aromatic carbocycles. The van der Waals surface area contributed by atoms with Gasteiger partial charge in [-0.3, -0.25) is 4.79 Å². The summed E-state index contributed by atoms with van der Waals surface area (Å²) in [5.41, 5.74) is 2.86. The molecule has 1 aromatic rings. The fraction of sp³-hybridized carbons (Fsp3) is 0.500. The maximum atomic E-state index is 12.1. The van der Waals surface area contributed by atoms with E-state index >= 15 is 0 Å². The summed E-state index contributed by atoms with van der Waals surface area (Å²) in [4.78, 5) is 12.1. The summed E-state index contributed by atoms with van der Waals surface area (Å²) in [5, 5.41) is 3.17. The van der Waals surface area contributed by atoms with E-state index in [9.17, 15) is 4.79 Å². The lowest BCUT2D eigenvalue weighted by Crippen LogP contribution is -2.35. The highest BCUT2D eigenvalue weighted by atomic mass is 16.5. The van der Waals surface area contributed by atoms with E-state index in [4.69, 9.17) is 4.74 Å². The van der Waals surface area contributed by atoms with Crippen LogP contribution in [-0.4, -0.2) is 19.9 Å². The van der Waals surface area contributed by atoms with E-state index < -0.39 is 5.41 Å². The first kappa shape index (κ1) is 12.0. The Morgan fingerprint density at radius 2 is 2.00 bits per heavy atom. The molecule has 17 heavy (non-hydrogen) atoms. The van der Waals surface area contributed by atoms with Crippen LogP contribution in [-0.2, 0) is 16.6 Å². The summed E-state index contributed by atoms with van der Waals surface area (Å²) in [6.45, 7) is 3.99. The molecule has 1 aliphatic carbocycles. The average molecular weight is 233 g/mol. The van der Waals surface area contributed by atoms with Crippen molar-refractivity contribution in [2.24, 2.45) is 0 Å². The number of aryl methyl sites for hydroxylation is 1. The van der Waals surface area contributed by atoms with E-state index in [1.807, 2.05) is 27.0 Å². The van der Waals surface area contributed by atoms with Crippen LogP contribution in [0.4, 0.5) is 5.69 Å². The van der Waals surface area contributed by atoms with Gasteiger partial charge in [0, 0.05) is 13.5 Å². The van der Waals surface area contributed by atoms with Crippen LogP contribution in [0.5, 0.6) is 5.75 Å². The maximum absolute atomic E-state index is 12.1. The number of ether oxygens (including phenoxy) is 1. The van der Waals surface area contributed by atoms with E-state index in [0.29, 0.717) is 12.2 Å². The molecule has 0 saturated carbocycles. The zero-order valence-electron chi connectivity index (χ0n) is 10.9. The molecule has 0 aromatic heterocycles. The van der Waals surface area contributed by atoms with Gasteiger partial charge in [0.05, 0.1) is 18.2 Å². The van der Waals surface area contributed by atoms with Crippen LogP contribution in [0.2, 0.25) is 0 Å². The summed E-state index contributed by atoms with van der Waals surface area (Å²) in [5.74, 6) is 1.10. The van der Waals surface area contributed by atoms with Crippen LogP contribution in [0.25, 0.3) is 0 Å². The average Bonchev–Trinajstić information content (AvgIpc) is 2.32. The van der Waals surface area contributed by atoms with Crippen LogP contribution in [0, 0.1) is 0 Å². The predicted octanol–water partition coefficient (Wildman–Crippen LogP) is 2.53. The molecule has 0 saturated heterocycles. The normalized spacial score (nSPS) is 17.5. The van der Waals surface area contributed by atoms with Crippen LogP contribution < -0.4 is 10.1 Å². The van der Waals surface area contributed by atoms with E-state index in [1.54, 1.807) is 7.11 Å². The Morgan fingerprint density at radius 3 is 2.59 bits per heavy atom. The number of fused-ring (bicyclic) bond motifs is 1. The van der Waals surface area contributed by atoms with Gasteiger partial charge < -0.3 is 10.1 Å². The smallest absolute Gasteiger partial charge is 0.143 e. The molecule has 1 N–H and O–H groups in total. The number of hydrogen-bond acceptors (Lipinski definition) is 3. The van der Waals surface area contributed by atoms with Gasteiger partial charge in [-0.15, -0.1) is 0 Å². The van der Waals surface area contributed by atoms with Crippen molar-refractivity contribution in [3.8, 4) is 5.75 Å². The van der Waals surface area contributed by atoms with Crippen LogP contribution in [0.3, 0.4) is 0 Å². The number of nitrogens with one attached hydrogen (secondary N) is 1. The van der Waals surface area contributed by atoms with Crippen molar-refractivity contribution in [3.05, 3.63) is 23.3 Å². The minimum atomic E-state index is -0.430. The molecule has 0 unspecified atom stereocenters. The minimum Gasteiger partial charge on any atom is -0.495 e. The molecule has 2 rings (SSSR count). The molecule has 92 valence electrons. The van der Waals surface area contributed by atoms with Gasteiger partial charge in [0.15, 0.2) is 0 Å². The van der Waals surface area contributed by atoms with E-state index in [2.05, 4.69) is 11.4 Å². The fourth-order valence-corrected chi connectivity index (χ4v) is 2.67. The van der Waals surface area contributed by atoms with E-state index in [1.165, 1.54) is 5.56 Å². The van der Waals surface area contributed by atoms with Gasteiger partial charge in [0.1, 0.15) is 11.5 Å². The quantitative estimate of drug-likeness (QED) is 0.853. The summed E-state index contributed by atoms with van der Waals surface area (Å²) in [6.07, 6.45) is 1.46. The lowest BCUT2D eigenvalue weighted by atomic mass is 9.71. The second kappa shape index (κ2) is 4.06. The number of Topliss-reactive ketones (excluding diaryl/α,β-unsaturated/α-hetero) is 1. The first-order chi connectivity index (χ1) is 8.02.